The lowest BCUT2D eigenvalue weighted by atomic mass is 9.96. The predicted octanol–water partition coefficient (Wildman–Crippen LogP) is 2.75. The Morgan fingerprint density at radius 2 is 2.17 bits per heavy atom. The number of guanidine groups is 1. The average Bonchev–Trinajstić information content (AvgIpc) is 3.08. The van der Waals surface area contributed by atoms with Crippen molar-refractivity contribution in [2.24, 2.45) is 10.7 Å². The van der Waals surface area contributed by atoms with Crippen molar-refractivity contribution in [3.8, 4) is 5.69 Å². The molecule has 0 atom stereocenters. The standard InChI is InChI=1S/C17H22FN5/c18-15-10-13(6-7-16(15)23-9-8-20-12-23)11-21-17(19)22-14-4-2-1-3-5-14/h6-10,12,14H,1-5,11H2,(H3,19,21,22). The number of hydrogen-bond donors (Lipinski definition) is 2. The highest BCUT2D eigenvalue weighted by molar-refractivity contribution is 5.78. The summed E-state index contributed by atoms with van der Waals surface area (Å²) >= 11 is 0. The molecule has 0 radical (unpaired) electrons. The van der Waals surface area contributed by atoms with Crippen molar-refractivity contribution in [2.75, 3.05) is 0 Å². The van der Waals surface area contributed by atoms with Crippen molar-refractivity contribution >= 4 is 5.96 Å². The van der Waals surface area contributed by atoms with E-state index in [1.54, 1.807) is 29.4 Å². The van der Waals surface area contributed by atoms with Crippen LogP contribution in [0.1, 0.15) is 37.7 Å². The van der Waals surface area contributed by atoms with Gasteiger partial charge in [-0.2, -0.15) is 0 Å². The van der Waals surface area contributed by atoms with Crippen LogP contribution in [0.3, 0.4) is 0 Å². The van der Waals surface area contributed by atoms with Crippen LogP contribution in [0.4, 0.5) is 4.39 Å². The summed E-state index contributed by atoms with van der Waals surface area (Å²) in [6.07, 6.45) is 11.0. The van der Waals surface area contributed by atoms with Gasteiger partial charge in [0.05, 0.1) is 18.6 Å². The predicted molar refractivity (Wildman–Crippen MR) is 88.9 cm³/mol. The molecular weight excluding hydrogens is 293 g/mol. The van der Waals surface area contributed by atoms with Crippen molar-refractivity contribution in [3.05, 3.63) is 48.3 Å². The Balaban J connectivity index is 1.61. The lowest BCUT2D eigenvalue weighted by molar-refractivity contribution is 0.412. The molecule has 1 aliphatic rings. The Hall–Kier alpha value is -2.37. The molecule has 2 aromatic rings. The number of aromatic nitrogens is 2. The SMILES string of the molecule is NC(=NCc1ccc(-n2ccnc2)c(F)c1)NC1CCCCC1. The fourth-order valence-corrected chi connectivity index (χ4v) is 2.94. The lowest BCUT2D eigenvalue weighted by Crippen LogP contribution is -2.41. The summed E-state index contributed by atoms with van der Waals surface area (Å²) in [5.41, 5.74) is 7.20. The molecule has 1 saturated carbocycles. The van der Waals surface area contributed by atoms with E-state index in [9.17, 15) is 4.39 Å². The van der Waals surface area contributed by atoms with Gasteiger partial charge >= 0.3 is 0 Å². The van der Waals surface area contributed by atoms with Gasteiger partial charge < -0.3 is 15.6 Å². The molecule has 1 aromatic heterocycles. The molecule has 5 nitrogen and oxygen atoms in total. The summed E-state index contributed by atoms with van der Waals surface area (Å²) in [6.45, 7) is 0.368. The highest BCUT2D eigenvalue weighted by atomic mass is 19.1. The third-order valence-electron chi connectivity index (χ3n) is 4.18. The van der Waals surface area contributed by atoms with Crippen LogP contribution in [0.15, 0.2) is 41.9 Å². The Morgan fingerprint density at radius 3 is 2.87 bits per heavy atom. The zero-order valence-electron chi connectivity index (χ0n) is 13.1. The average molecular weight is 315 g/mol. The molecule has 1 aliphatic carbocycles. The maximum atomic E-state index is 14.2. The maximum absolute atomic E-state index is 14.2. The fourth-order valence-electron chi connectivity index (χ4n) is 2.94. The van der Waals surface area contributed by atoms with E-state index in [0.29, 0.717) is 24.2 Å². The van der Waals surface area contributed by atoms with Crippen LogP contribution in [-0.4, -0.2) is 21.6 Å². The number of halogens is 1. The third-order valence-corrected chi connectivity index (χ3v) is 4.18. The van der Waals surface area contributed by atoms with Crippen molar-refractivity contribution in [1.82, 2.24) is 14.9 Å². The van der Waals surface area contributed by atoms with Gasteiger partial charge in [0.25, 0.3) is 0 Å². The van der Waals surface area contributed by atoms with Crippen LogP contribution in [0.25, 0.3) is 5.69 Å². The van der Waals surface area contributed by atoms with Crippen LogP contribution >= 0.6 is 0 Å². The van der Waals surface area contributed by atoms with Crippen molar-refractivity contribution in [2.45, 2.75) is 44.7 Å². The molecule has 122 valence electrons. The van der Waals surface area contributed by atoms with Gasteiger partial charge in [-0.25, -0.2) is 14.4 Å². The molecule has 3 N–H and O–H groups in total. The second kappa shape index (κ2) is 7.26. The van der Waals surface area contributed by atoms with Crippen LogP contribution in [-0.2, 0) is 6.54 Å². The lowest BCUT2D eigenvalue weighted by Gasteiger charge is -2.23. The van der Waals surface area contributed by atoms with Crippen molar-refractivity contribution < 1.29 is 4.39 Å². The summed E-state index contributed by atoms with van der Waals surface area (Å²) in [5, 5.41) is 3.26. The molecule has 0 bridgehead atoms. The van der Waals surface area contributed by atoms with Crippen molar-refractivity contribution in [1.29, 1.82) is 0 Å². The molecule has 0 aliphatic heterocycles. The number of nitrogens with zero attached hydrogens (tertiary/aromatic N) is 3. The molecule has 6 heteroatoms. The van der Waals surface area contributed by atoms with E-state index < -0.39 is 0 Å². The molecule has 3 rings (SSSR count). The second-order valence-corrected chi connectivity index (χ2v) is 5.94. The second-order valence-electron chi connectivity index (χ2n) is 5.94. The number of nitrogens with one attached hydrogen (secondary N) is 1. The minimum atomic E-state index is -0.297. The van der Waals surface area contributed by atoms with Gasteiger partial charge in [-0.05, 0) is 30.5 Å². The molecular formula is C17H22FN5. The highest BCUT2D eigenvalue weighted by Crippen LogP contribution is 2.17. The van der Waals surface area contributed by atoms with Crippen LogP contribution in [0.5, 0.6) is 0 Å². The van der Waals surface area contributed by atoms with E-state index in [-0.39, 0.29) is 5.82 Å². The van der Waals surface area contributed by atoms with Crippen molar-refractivity contribution in [3.63, 3.8) is 0 Å². The molecule has 0 unspecified atom stereocenters. The Kier molecular flexibility index (Phi) is 4.90. The van der Waals surface area contributed by atoms with Gasteiger partial charge in [-0.15, -0.1) is 0 Å². The molecule has 23 heavy (non-hydrogen) atoms. The van der Waals surface area contributed by atoms with Gasteiger partial charge in [0, 0.05) is 18.4 Å². The first kappa shape index (κ1) is 15.5. The monoisotopic (exact) mass is 315 g/mol. The fraction of sp³-hybridized carbons (Fsp3) is 0.412. The first-order chi connectivity index (χ1) is 11.2. The van der Waals surface area contributed by atoms with E-state index in [4.69, 9.17) is 5.73 Å². The van der Waals surface area contributed by atoms with Gasteiger partial charge in [0.2, 0.25) is 0 Å². The molecule has 0 spiro atoms. The molecule has 1 heterocycles. The van der Waals surface area contributed by atoms with E-state index >= 15 is 0 Å². The number of hydrogen-bond acceptors (Lipinski definition) is 2. The van der Waals surface area contributed by atoms with E-state index in [1.165, 1.54) is 25.3 Å². The van der Waals surface area contributed by atoms with Gasteiger partial charge in [-0.3, -0.25) is 0 Å². The molecule has 0 amide bonds. The first-order valence-electron chi connectivity index (χ1n) is 8.05. The Bertz CT molecular complexity index is 660. The van der Waals surface area contributed by atoms with Gasteiger partial charge in [-0.1, -0.05) is 25.3 Å². The van der Waals surface area contributed by atoms with E-state index in [1.807, 2.05) is 6.07 Å². The Labute approximate surface area is 135 Å². The topological polar surface area (TPSA) is 68.2 Å². The molecule has 1 fully saturated rings. The van der Waals surface area contributed by atoms with Gasteiger partial charge in [0.15, 0.2) is 5.96 Å². The number of rotatable bonds is 4. The summed E-state index contributed by atoms with van der Waals surface area (Å²) in [7, 11) is 0. The highest BCUT2D eigenvalue weighted by Gasteiger charge is 2.13. The quantitative estimate of drug-likeness (QED) is 0.673. The zero-order valence-corrected chi connectivity index (χ0v) is 13.1. The van der Waals surface area contributed by atoms with E-state index in [2.05, 4.69) is 15.3 Å². The van der Waals surface area contributed by atoms with Crippen LogP contribution in [0, 0.1) is 5.82 Å². The van der Waals surface area contributed by atoms with Crippen LogP contribution in [0.2, 0.25) is 0 Å². The smallest absolute Gasteiger partial charge is 0.189 e. The molecule has 1 aromatic carbocycles. The zero-order chi connectivity index (χ0) is 16.1. The number of aliphatic imine (C=N–C) groups is 1. The maximum Gasteiger partial charge on any atom is 0.189 e. The Morgan fingerprint density at radius 1 is 1.35 bits per heavy atom. The van der Waals surface area contributed by atoms with E-state index in [0.717, 1.165) is 18.4 Å². The summed E-state index contributed by atoms with van der Waals surface area (Å²) < 4.78 is 15.8. The molecule has 0 saturated heterocycles. The number of imidazole rings is 1. The minimum Gasteiger partial charge on any atom is -0.370 e. The minimum absolute atomic E-state index is 0.297. The normalized spacial score (nSPS) is 16.5. The van der Waals surface area contributed by atoms with Crippen LogP contribution < -0.4 is 11.1 Å². The van der Waals surface area contributed by atoms with Gasteiger partial charge in [0.1, 0.15) is 5.82 Å². The summed E-state index contributed by atoms with van der Waals surface area (Å²) in [6, 6.07) is 5.50. The third kappa shape index (κ3) is 4.09. The number of benzene rings is 1. The first-order valence-corrected chi connectivity index (χ1v) is 8.05. The summed E-state index contributed by atoms with van der Waals surface area (Å²) in [5.74, 6) is 0.144. The number of nitrogens with two attached hydrogens (primary N) is 1. The largest absolute Gasteiger partial charge is 0.370 e. The summed E-state index contributed by atoms with van der Waals surface area (Å²) in [4.78, 5) is 8.25.